The number of nitrogens with zero attached hydrogens (tertiary/aromatic N) is 2. The van der Waals surface area contributed by atoms with Crippen molar-refractivity contribution in [3.05, 3.63) is 59.2 Å². The van der Waals surface area contributed by atoms with Crippen LogP contribution < -0.4 is 10.2 Å². The van der Waals surface area contributed by atoms with Gasteiger partial charge in [-0.1, -0.05) is 44.2 Å². The van der Waals surface area contributed by atoms with Crippen molar-refractivity contribution in [3.63, 3.8) is 0 Å². The summed E-state index contributed by atoms with van der Waals surface area (Å²) in [4.78, 5) is 13.5. The highest BCUT2D eigenvalue weighted by molar-refractivity contribution is 5.74. The van der Waals surface area contributed by atoms with Gasteiger partial charge in [-0.3, -0.25) is 4.79 Å². The molecular weight excluding hydrogens is 338 g/mol. The van der Waals surface area contributed by atoms with Crippen LogP contribution in [0.2, 0.25) is 0 Å². The molecule has 3 rings (SSSR count). The molecule has 140 valence electrons. The third kappa shape index (κ3) is 4.12. The first-order chi connectivity index (χ1) is 13.0. The number of fused-ring (bicyclic) bond motifs is 2. The van der Waals surface area contributed by atoms with Crippen molar-refractivity contribution in [2.75, 3.05) is 11.4 Å². The number of para-hydroxylation sites is 1. The molecule has 5 nitrogen and oxygen atoms in total. The molecule has 1 aliphatic rings. The topological polar surface area (TPSA) is 76.4 Å². The minimum atomic E-state index is -0.824. The minimum Gasteiger partial charge on any atom is -0.480 e. The Bertz CT molecular complexity index is 870. The number of hydrogen-bond donors (Lipinski definition) is 2. The average molecular weight is 363 g/mol. The van der Waals surface area contributed by atoms with Crippen molar-refractivity contribution in [3.8, 4) is 6.07 Å². The van der Waals surface area contributed by atoms with Gasteiger partial charge in [-0.05, 0) is 47.6 Å². The Kier molecular flexibility index (Phi) is 5.78. The molecule has 0 aliphatic carbocycles. The van der Waals surface area contributed by atoms with E-state index < -0.39 is 12.0 Å². The first kappa shape index (κ1) is 18.9. The second-order valence-electron chi connectivity index (χ2n) is 7.28. The lowest BCUT2D eigenvalue weighted by molar-refractivity contribution is -0.140. The van der Waals surface area contributed by atoms with Crippen LogP contribution in [0.25, 0.3) is 0 Å². The van der Waals surface area contributed by atoms with Crippen molar-refractivity contribution in [2.45, 2.75) is 39.3 Å². The summed E-state index contributed by atoms with van der Waals surface area (Å²) in [7, 11) is 0. The van der Waals surface area contributed by atoms with Crippen LogP contribution in [0.3, 0.4) is 0 Å². The van der Waals surface area contributed by atoms with Crippen LogP contribution in [0.4, 0.5) is 11.4 Å². The molecule has 2 aromatic rings. The van der Waals surface area contributed by atoms with Gasteiger partial charge in [-0.25, -0.2) is 0 Å². The summed E-state index contributed by atoms with van der Waals surface area (Å²) in [6, 6.07) is 16.1. The monoisotopic (exact) mass is 363 g/mol. The molecule has 27 heavy (non-hydrogen) atoms. The molecule has 5 heteroatoms. The van der Waals surface area contributed by atoms with Crippen molar-refractivity contribution < 1.29 is 9.90 Å². The first-order valence-electron chi connectivity index (χ1n) is 9.31. The molecule has 1 atom stereocenters. The van der Waals surface area contributed by atoms with E-state index in [4.69, 9.17) is 0 Å². The zero-order chi connectivity index (χ0) is 19.4. The number of nitriles is 1. The summed E-state index contributed by atoms with van der Waals surface area (Å²) in [5.74, 6) is -0.806. The van der Waals surface area contributed by atoms with Gasteiger partial charge in [0.05, 0.1) is 6.07 Å². The smallest absolute Gasteiger partial charge is 0.320 e. The predicted molar refractivity (Wildman–Crippen MR) is 106 cm³/mol. The highest BCUT2D eigenvalue weighted by Crippen LogP contribution is 2.36. The molecule has 1 heterocycles. The van der Waals surface area contributed by atoms with Crippen LogP contribution in [0.5, 0.6) is 0 Å². The van der Waals surface area contributed by atoms with E-state index in [2.05, 4.69) is 40.6 Å². The summed E-state index contributed by atoms with van der Waals surface area (Å²) in [6.45, 7) is 4.61. The van der Waals surface area contributed by atoms with Crippen molar-refractivity contribution in [1.29, 1.82) is 5.26 Å². The third-order valence-electron chi connectivity index (χ3n) is 5.07. The molecule has 0 radical (unpaired) electrons. The molecule has 0 bridgehead atoms. The van der Waals surface area contributed by atoms with E-state index in [1.165, 1.54) is 11.1 Å². The number of carbonyl (C=O) groups is 1. The predicted octanol–water partition coefficient (Wildman–Crippen LogP) is 3.65. The Labute approximate surface area is 160 Å². The fourth-order valence-electron chi connectivity index (χ4n) is 3.67. The SMILES string of the molecule is CC(C)[C@H](NCc1ccc2c(c1)CCc1ccccc1N2CC#N)C(=O)O. The standard InChI is InChI=1S/C22H25N3O2/c1-15(2)21(22(26)27)24-14-16-7-10-20-18(13-16)9-8-17-5-3-4-6-19(17)25(20)12-11-23/h3-7,10,13,15,21,24H,8-9,12,14H2,1-2H3,(H,26,27)/t21-/m0/s1. The third-order valence-corrected chi connectivity index (χ3v) is 5.07. The van der Waals surface area contributed by atoms with E-state index in [0.717, 1.165) is 29.8 Å². The Balaban J connectivity index is 1.87. The summed E-state index contributed by atoms with van der Waals surface area (Å²) in [6.07, 6.45) is 1.82. The zero-order valence-corrected chi connectivity index (χ0v) is 15.8. The largest absolute Gasteiger partial charge is 0.480 e. The van der Waals surface area contributed by atoms with Crippen molar-refractivity contribution in [1.82, 2.24) is 5.32 Å². The molecule has 1 aliphatic heterocycles. The number of anilines is 2. The maximum Gasteiger partial charge on any atom is 0.320 e. The number of aliphatic carboxylic acids is 1. The van der Waals surface area contributed by atoms with Gasteiger partial charge < -0.3 is 15.3 Å². The molecule has 0 unspecified atom stereocenters. The van der Waals surface area contributed by atoms with Gasteiger partial charge in [0.25, 0.3) is 0 Å². The molecule has 0 saturated carbocycles. The summed E-state index contributed by atoms with van der Waals surface area (Å²) < 4.78 is 0. The van der Waals surface area contributed by atoms with Crippen molar-refractivity contribution >= 4 is 17.3 Å². The Morgan fingerprint density at radius 1 is 1.19 bits per heavy atom. The van der Waals surface area contributed by atoms with Gasteiger partial charge in [0.15, 0.2) is 0 Å². The van der Waals surface area contributed by atoms with Crippen LogP contribution in [0.15, 0.2) is 42.5 Å². The Morgan fingerprint density at radius 3 is 2.59 bits per heavy atom. The maximum absolute atomic E-state index is 11.4. The molecular formula is C22H25N3O2. The lowest BCUT2D eigenvalue weighted by Crippen LogP contribution is -2.40. The lowest BCUT2D eigenvalue weighted by atomic mass is 10.0. The van der Waals surface area contributed by atoms with Crippen LogP contribution in [-0.2, 0) is 24.2 Å². The molecule has 0 fully saturated rings. The lowest BCUT2D eigenvalue weighted by Gasteiger charge is -2.24. The zero-order valence-electron chi connectivity index (χ0n) is 15.8. The van der Waals surface area contributed by atoms with E-state index in [-0.39, 0.29) is 5.92 Å². The quantitative estimate of drug-likeness (QED) is 0.766. The molecule has 0 aromatic heterocycles. The Hall–Kier alpha value is -2.84. The highest BCUT2D eigenvalue weighted by Gasteiger charge is 2.22. The molecule has 2 aromatic carbocycles. The second kappa shape index (κ2) is 8.24. The molecule has 2 N–H and O–H groups in total. The fourth-order valence-corrected chi connectivity index (χ4v) is 3.67. The van der Waals surface area contributed by atoms with E-state index in [1.807, 2.05) is 32.0 Å². The van der Waals surface area contributed by atoms with Crippen LogP contribution in [0, 0.1) is 17.2 Å². The average Bonchev–Trinajstić information content (AvgIpc) is 2.79. The number of hydrogen-bond acceptors (Lipinski definition) is 4. The van der Waals surface area contributed by atoms with E-state index in [9.17, 15) is 15.2 Å². The van der Waals surface area contributed by atoms with Gasteiger partial charge >= 0.3 is 5.97 Å². The number of carboxylic acids is 1. The van der Waals surface area contributed by atoms with Gasteiger partial charge in [-0.2, -0.15) is 5.26 Å². The molecule has 0 saturated heterocycles. The number of aryl methyl sites for hydroxylation is 2. The van der Waals surface area contributed by atoms with Gasteiger partial charge in [0, 0.05) is 17.9 Å². The number of benzene rings is 2. The van der Waals surface area contributed by atoms with E-state index >= 15 is 0 Å². The second-order valence-corrected chi connectivity index (χ2v) is 7.28. The van der Waals surface area contributed by atoms with Gasteiger partial charge in [0.2, 0.25) is 0 Å². The minimum absolute atomic E-state index is 0.0175. The molecule has 0 amide bonds. The van der Waals surface area contributed by atoms with Gasteiger partial charge in [0.1, 0.15) is 12.6 Å². The van der Waals surface area contributed by atoms with Gasteiger partial charge in [-0.15, -0.1) is 0 Å². The highest BCUT2D eigenvalue weighted by atomic mass is 16.4. The van der Waals surface area contributed by atoms with E-state index in [0.29, 0.717) is 13.1 Å². The fraction of sp³-hybridized carbons (Fsp3) is 0.364. The maximum atomic E-state index is 11.4. The molecule has 0 spiro atoms. The first-order valence-corrected chi connectivity index (χ1v) is 9.31. The van der Waals surface area contributed by atoms with Crippen LogP contribution in [0.1, 0.15) is 30.5 Å². The summed E-state index contributed by atoms with van der Waals surface area (Å²) in [5, 5.41) is 21.8. The van der Waals surface area contributed by atoms with Crippen LogP contribution >= 0.6 is 0 Å². The number of carboxylic acid groups (broad SMARTS) is 1. The summed E-state index contributed by atoms with van der Waals surface area (Å²) in [5.41, 5.74) is 5.65. The van der Waals surface area contributed by atoms with Crippen molar-refractivity contribution in [2.24, 2.45) is 5.92 Å². The number of rotatable bonds is 6. The summed E-state index contributed by atoms with van der Waals surface area (Å²) >= 11 is 0. The Morgan fingerprint density at radius 2 is 1.89 bits per heavy atom. The van der Waals surface area contributed by atoms with Crippen LogP contribution in [-0.4, -0.2) is 23.7 Å². The normalized spacial score (nSPS) is 14.1. The number of nitrogens with one attached hydrogen (secondary N) is 1. The van der Waals surface area contributed by atoms with E-state index in [1.54, 1.807) is 0 Å².